The van der Waals surface area contributed by atoms with Gasteiger partial charge in [0.2, 0.25) is 0 Å². The topological polar surface area (TPSA) is 56.5 Å². The van der Waals surface area contributed by atoms with Gasteiger partial charge < -0.3 is 9.47 Å². The number of para-hydroxylation sites is 1. The van der Waals surface area contributed by atoms with E-state index in [1.165, 1.54) is 5.56 Å². The van der Waals surface area contributed by atoms with Crippen LogP contribution in [0, 0.1) is 6.92 Å². The average molecular weight is 286 g/mol. The van der Waals surface area contributed by atoms with E-state index in [1.54, 1.807) is 7.11 Å². The normalized spacial score (nSPS) is 12.0. The number of hydrazine groups is 1. The molecule has 1 unspecified atom stereocenters. The molecule has 0 spiro atoms. The molecule has 1 atom stereocenters. The lowest BCUT2D eigenvalue weighted by Crippen LogP contribution is -2.41. The first-order valence-corrected chi connectivity index (χ1v) is 7.00. The molecule has 0 heterocycles. The third kappa shape index (κ3) is 4.48. The van der Waals surface area contributed by atoms with Crippen molar-refractivity contribution in [1.82, 2.24) is 5.43 Å². The number of nitrogens with two attached hydrogens (primary N) is 1. The smallest absolute Gasteiger partial charge is 0.122 e. The van der Waals surface area contributed by atoms with Crippen LogP contribution >= 0.6 is 0 Å². The summed E-state index contributed by atoms with van der Waals surface area (Å²) in [5.74, 6) is 7.36. The van der Waals surface area contributed by atoms with E-state index in [0.717, 1.165) is 23.5 Å². The van der Waals surface area contributed by atoms with E-state index < -0.39 is 0 Å². The van der Waals surface area contributed by atoms with Crippen molar-refractivity contribution in [2.45, 2.75) is 19.4 Å². The Morgan fingerprint density at radius 3 is 2.57 bits per heavy atom. The van der Waals surface area contributed by atoms with Crippen LogP contribution in [0.25, 0.3) is 0 Å². The van der Waals surface area contributed by atoms with Crippen LogP contribution in [0.1, 0.15) is 11.1 Å². The van der Waals surface area contributed by atoms with Crippen LogP contribution in [0.15, 0.2) is 48.5 Å². The molecule has 0 aliphatic heterocycles. The number of benzene rings is 2. The van der Waals surface area contributed by atoms with Crippen LogP contribution in [0.2, 0.25) is 0 Å². The van der Waals surface area contributed by atoms with Crippen molar-refractivity contribution in [2.24, 2.45) is 5.84 Å². The molecule has 0 amide bonds. The largest absolute Gasteiger partial charge is 0.496 e. The predicted molar refractivity (Wildman–Crippen MR) is 84.5 cm³/mol. The summed E-state index contributed by atoms with van der Waals surface area (Å²) >= 11 is 0. The molecule has 0 aliphatic rings. The van der Waals surface area contributed by atoms with E-state index in [1.807, 2.05) is 42.5 Å². The first kappa shape index (κ1) is 15.4. The maximum absolute atomic E-state index is 5.75. The molecular weight excluding hydrogens is 264 g/mol. The van der Waals surface area contributed by atoms with E-state index >= 15 is 0 Å². The maximum Gasteiger partial charge on any atom is 0.122 e. The van der Waals surface area contributed by atoms with Crippen LogP contribution in [-0.4, -0.2) is 19.8 Å². The summed E-state index contributed by atoms with van der Waals surface area (Å²) < 4.78 is 11.2. The maximum atomic E-state index is 5.75. The van der Waals surface area contributed by atoms with Gasteiger partial charge in [0.25, 0.3) is 0 Å². The molecule has 0 aromatic heterocycles. The molecular formula is C17H22N2O2. The Kier molecular flexibility index (Phi) is 5.60. The highest BCUT2D eigenvalue weighted by Crippen LogP contribution is 2.21. The molecule has 0 fully saturated rings. The summed E-state index contributed by atoms with van der Waals surface area (Å²) in [7, 11) is 1.68. The molecule has 4 heteroatoms. The highest BCUT2D eigenvalue weighted by molar-refractivity contribution is 5.37. The lowest BCUT2D eigenvalue weighted by Gasteiger charge is -2.18. The van der Waals surface area contributed by atoms with E-state index in [9.17, 15) is 0 Å². The standard InChI is InChI=1S/C17H22N2O2/c1-13-8-9-17(20-2)14(10-13)11-15(19-18)12-21-16-6-4-3-5-7-16/h3-10,15,19H,11-12,18H2,1-2H3. The van der Waals surface area contributed by atoms with Gasteiger partial charge in [-0.3, -0.25) is 11.3 Å². The molecule has 0 radical (unpaired) electrons. The Labute approximate surface area is 125 Å². The molecule has 2 aromatic rings. The molecule has 2 rings (SSSR count). The van der Waals surface area contributed by atoms with Crippen LogP contribution < -0.4 is 20.7 Å². The first-order valence-electron chi connectivity index (χ1n) is 7.00. The average Bonchev–Trinajstić information content (AvgIpc) is 2.52. The van der Waals surface area contributed by atoms with Crippen LogP contribution in [0.3, 0.4) is 0 Å². The predicted octanol–water partition coefficient (Wildman–Crippen LogP) is 2.46. The summed E-state index contributed by atoms with van der Waals surface area (Å²) in [4.78, 5) is 0. The fourth-order valence-corrected chi connectivity index (χ4v) is 2.21. The van der Waals surface area contributed by atoms with Gasteiger partial charge in [-0.05, 0) is 37.1 Å². The van der Waals surface area contributed by atoms with Crippen molar-refractivity contribution in [3.63, 3.8) is 0 Å². The fraction of sp³-hybridized carbons (Fsp3) is 0.294. The Balaban J connectivity index is 2.00. The fourth-order valence-electron chi connectivity index (χ4n) is 2.21. The number of hydrogen-bond donors (Lipinski definition) is 2. The second kappa shape index (κ2) is 7.67. The molecule has 0 saturated carbocycles. The van der Waals surface area contributed by atoms with Crippen molar-refractivity contribution in [3.8, 4) is 11.5 Å². The molecule has 3 N–H and O–H groups in total. The monoisotopic (exact) mass is 286 g/mol. The highest BCUT2D eigenvalue weighted by atomic mass is 16.5. The number of ether oxygens (including phenoxy) is 2. The Morgan fingerprint density at radius 2 is 1.90 bits per heavy atom. The third-order valence-electron chi connectivity index (χ3n) is 3.33. The van der Waals surface area contributed by atoms with E-state index in [2.05, 4.69) is 18.4 Å². The summed E-state index contributed by atoms with van der Waals surface area (Å²) in [6.45, 7) is 2.56. The van der Waals surface area contributed by atoms with Crippen molar-refractivity contribution >= 4 is 0 Å². The summed E-state index contributed by atoms with van der Waals surface area (Å²) in [6.07, 6.45) is 0.744. The molecule has 112 valence electrons. The van der Waals surface area contributed by atoms with Gasteiger partial charge >= 0.3 is 0 Å². The second-order valence-electron chi connectivity index (χ2n) is 5.01. The van der Waals surface area contributed by atoms with Crippen LogP contribution in [-0.2, 0) is 6.42 Å². The van der Waals surface area contributed by atoms with Gasteiger partial charge in [0, 0.05) is 0 Å². The molecule has 2 aromatic carbocycles. The number of methoxy groups -OCH3 is 1. The minimum Gasteiger partial charge on any atom is -0.496 e. The highest BCUT2D eigenvalue weighted by Gasteiger charge is 2.12. The van der Waals surface area contributed by atoms with Gasteiger partial charge in [-0.1, -0.05) is 35.9 Å². The number of rotatable bonds is 7. The Hall–Kier alpha value is -2.04. The minimum absolute atomic E-state index is 0.0147. The quantitative estimate of drug-likeness (QED) is 0.606. The molecule has 21 heavy (non-hydrogen) atoms. The van der Waals surface area contributed by atoms with Gasteiger partial charge in [0.1, 0.15) is 18.1 Å². The van der Waals surface area contributed by atoms with E-state index in [0.29, 0.717) is 6.61 Å². The van der Waals surface area contributed by atoms with Gasteiger partial charge in [-0.2, -0.15) is 0 Å². The molecule has 0 saturated heterocycles. The number of nitrogens with one attached hydrogen (secondary N) is 1. The summed E-state index contributed by atoms with van der Waals surface area (Å²) in [5.41, 5.74) is 5.13. The van der Waals surface area contributed by atoms with Crippen LogP contribution in [0.5, 0.6) is 11.5 Å². The van der Waals surface area contributed by atoms with Crippen molar-refractivity contribution in [3.05, 3.63) is 59.7 Å². The SMILES string of the molecule is COc1ccc(C)cc1CC(COc1ccccc1)NN. The van der Waals surface area contributed by atoms with E-state index in [4.69, 9.17) is 15.3 Å². The lowest BCUT2D eigenvalue weighted by atomic mass is 10.0. The van der Waals surface area contributed by atoms with Crippen molar-refractivity contribution < 1.29 is 9.47 Å². The van der Waals surface area contributed by atoms with Crippen molar-refractivity contribution in [2.75, 3.05) is 13.7 Å². The third-order valence-corrected chi connectivity index (χ3v) is 3.33. The van der Waals surface area contributed by atoms with Gasteiger partial charge in [-0.25, -0.2) is 0 Å². The Bertz CT molecular complexity index is 558. The first-order chi connectivity index (χ1) is 10.2. The van der Waals surface area contributed by atoms with Gasteiger partial charge in [-0.15, -0.1) is 0 Å². The molecule has 0 bridgehead atoms. The Morgan fingerprint density at radius 1 is 1.14 bits per heavy atom. The zero-order chi connectivity index (χ0) is 15.1. The van der Waals surface area contributed by atoms with Gasteiger partial charge in [0.15, 0.2) is 0 Å². The zero-order valence-electron chi connectivity index (χ0n) is 12.5. The van der Waals surface area contributed by atoms with Crippen molar-refractivity contribution in [1.29, 1.82) is 0 Å². The van der Waals surface area contributed by atoms with E-state index in [-0.39, 0.29) is 6.04 Å². The molecule has 4 nitrogen and oxygen atoms in total. The number of hydrogen-bond acceptors (Lipinski definition) is 4. The zero-order valence-corrected chi connectivity index (χ0v) is 12.5. The lowest BCUT2D eigenvalue weighted by molar-refractivity contribution is 0.263. The summed E-state index contributed by atoms with van der Waals surface area (Å²) in [5, 5.41) is 0. The van der Waals surface area contributed by atoms with Crippen LogP contribution in [0.4, 0.5) is 0 Å². The number of aryl methyl sites for hydroxylation is 1. The summed E-state index contributed by atoms with van der Waals surface area (Å²) in [6, 6.07) is 15.9. The second-order valence-corrected chi connectivity index (χ2v) is 5.01. The molecule has 0 aliphatic carbocycles. The minimum atomic E-state index is 0.0147. The van der Waals surface area contributed by atoms with Gasteiger partial charge in [0.05, 0.1) is 13.2 Å².